The van der Waals surface area contributed by atoms with E-state index < -0.39 is 6.10 Å². The third kappa shape index (κ3) is 3.77. The van der Waals surface area contributed by atoms with Crippen LogP contribution in [0.4, 0.5) is 4.39 Å². The van der Waals surface area contributed by atoms with Crippen LogP contribution in [0.1, 0.15) is 43.8 Å². The summed E-state index contributed by atoms with van der Waals surface area (Å²) in [6.07, 6.45) is 4.26. The van der Waals surface area contributed by atoms with Gasteiger partial charge in [0.2, 0.25) is 0 Å². The summed E-state index contributed by atoms with van der Waals surface area (Å²) >= 11 is 3.20. The molecule has 2 rings (SSSR count). The summed E-state index contributed by atoms with van der Waals surface area (Å²) in [6.45, 7) is 0.856. The van der Waals surface area contributed by atoms with E-state index in [9.17, 15) is 9.50 Å². The molecule has 0 aromatic heterocycles. The van der Waals surface area contributed by atoms with Crippen LogP contribution in [0.25, 0.3) is 0 Å². The number of rotatable bonds is 5. The number of aliphatic hydroxyl groups excluding tert-OH is 1. The van der Waals surface area contributed by atoms with Crippen molar-refractivity contribution in [2.24, 2.45) is 0 Å². The Morgan fingerprint density at radius 2 is 2.33 bits per heavy atom. The van der Waals surface area contributed by atoms with Crippen molar-refractivity contribution in [3.63, 3.8) is 0 Å². The lowest BCUT2D eigenvalue weighted by Gasteiger charge is -2.14. The highest BCUT2D eigenvalue weighted by Gasteiger charge is 2.17. The van der Waals surface area contributed by atoms with Crippen LogP contribution in [0, 0.1) is 5.82 Å². The molecule has 4 heteroatoms. The third-order valence-electron chi connectivity index (χ3n) is 3.35. The largest absolute Gasteiger partial charge is 0.388 e. The average molecular weight is 317 g/mol. The minimum absolute atomic E-state index is 0.340. The van der Waals surface area contributed by atoms with Gasteiger partial charge in [0.15, 0.2) is 0 Å². The first-order valence-corrected chi connectivity index (χ1v) is 7.20. The van der Waals surface area contributed by atoms with Crippen molar-refractivity contribution in [1.82, 2.24) is 0 Å². The molecule has 2 nitrogen and oxygen atoms in total. The summed E-state index contributed by atoms with van der Waals surface area (Å²) in [5.74, 6) is -0.353. The highest BCUT2D eigenvalue weighted by atomic mass is 79.9. The van der Waals surface area contributed by atoms with Gasteiger partial charge in [-0.3, -0.25) is 0 Å². The molecule has 18 heavy (non-hydrogen) atoms. The lowest BCUT2D eigenvalue weighted by Crippen LogP contribution is -2.06. The minimum atomic E-state index is -0.723. The highest BCUT2D eigenvalue weighted by molar-refractivity contribution is 9.10. The predicted molar refractivity (Wildman–Crippen MR) is 71.9 cm³/mol. The molecule has 2 unspecified atom stereocenters. The van der Waals surface area contributed by atoms with E-state index >= 15 is 0 Å². The molecule has 1 aliphatic heterocycles. The standard InChI is InChI=1S/C14H18BrFO2/c15-10-6-7-12(13(16)9-10)14(17)5-1-3-11-4-2-8-18-11/h6-7,9,11,14,17H,1-5,8H2. The van der Waals surface area contributed by atoms with Crippen LogP contribution in [0.5, 0.6) is 0 Å². The molecular formula is C14H18BrFO2. The average Bonchev–Trinajstić information content (AvgIpc) is 2.81. The number of halogens is 2. The molecule has 0 bridgehead atoms. The Morgan fingerprint density at radius 1 is 1.50 bits per heavy atom. The van der Waals surface area contributed by atoms with Crippen molar-refractivity contribution in [2.75, 3.05) is 6.61 Å². The molecule has 0 amide bonds. The monoisotopic (exact) mass is 316 g/mol. The van der Waals surface area contributed by atoms with Gasteiger partial charge in [0.25, 0.3) is 0 Å². The van der Waals surface area contributed by atoms with E-state index in [1.165, 1.54) is 6.07 Å². The molecule has 1 aromatic rings. The first-order valence-electron chi connectivity index (χ1n) is 6.41. The maximum atomic E-state index is 13.6. The molecule has 1 aliphatic rings. The zero-order chi connectivity index (χ0) is 13.0. The number of ether oxygens (including phenoxy) is 1. The fourth-order valence-electron chi connectivity index (χ4n) is 2.34. The van der Waals surface area contributed by atoms with Crippen LogP contribution in [0.2, 0.25) is 0 Å². The van der Waals surface area contributed by atoms with Crippen LogP contribution >= 0.6 is 15.9 Å². The lowest BCUT2D eigenvalue weighted by atomic mass is 10.0. The second kappa shape index (κ2) is 6.64. The van der Waals surface area contributed by atoms with Gasteiger partial charge in [0, 0.05) is 16.6 Å². The Labute approximate surface area is 115 Å². The van der Waals surface area contributed by atoms with Crippen LogP contribution in [-0.4, -0.2) is 17.8 Å². The normalized spacial score (nSPS) is 21.2. The van der Waals surface area contributed by atoms with Crippen LogP contribution < -0.4 is 0 Å². The number of aliphatic hydroxyl groups is 1. The van der Waals surface area contributed by atoms with Gasteiger partial charge in [-0.1, -0.05) is 22.0 Å². The maximum absolute atomic E-state index is 13.6. The van der Waals surface area contributed by atoms with Crippen molar-refractivity contribution in [3.8, 4) is 0 Å². The van der Waals surface area contributed by atoms with Crippen LogP contribution in [-0.2, 0) is 4.74 Å². The molecule has 100 valence electrons. The van der Waals surface area contributed by atoms with E-state index in [0.29, 0.717) is 22.6 Å². The molecule has 1 saturated heterocycles. The molecular weight excluding hydrogens is 299 g/mol. The van der Waals surface area contributed by atoms with E-state index in [1.807, 2.05) is 0 Å². The van der Waals surface area contributed by atoms with E-state index in [4.69, 9.17) is 4.74 Å². The van der Waals surface area contributed by atoms with Gasteiger partial charge in [-0.15, -0.1) is 0 Å². The van der Waals surface area contributed by atoms with E-state index in [-0.39, 0.29) is 5.82 Å². The van der Waals surface area contributed by atoms with Gasteiger partial charge in [0.1, 0.15) is 5.82 Å². The van der Waals surface area contributed by atoms with Gasteiger partial charge in [-0.25, -0.2) is 4.39 Å². The Bertz CT molecular complexity index is 391. The molecule has 1 N–H and O–H groups in total. The van der Waals surface area contributed by atoms with Gasteiger partial charge >= 0.3 is 0 Å². The Kier molecular flexibility index (Phi) is 5.15. The first-order chi connectivity index (χ1) is 8.66. The van der Waals surface area contributed by atoms with E-state index in [1.54, 1.807) is 12.1 Å². The molecule has 0 saturated carbocycles. The first kappa shape index (κ1) is 14.0. The zero-order valence-corrected chi connectivity index (χ0v) is 11.8. The molecule has 0 spiro atoms. The molecule has 0 radical (unpaired) electrons. The Morgan fingerprint density at radius 3 is 3.00 bits per heavy atom. The molecule has 2 atom stereocenters. The third-order valence-corrected chi connectivity index (χ3v) is 3.84. The van der Waals surface area contributed by atoms with Gasteiger partial charge in [-0.2, -0.15) is 0 Å². The zero-order valence-electron chi connectivity index (χ0n) is 10.2. The van der Waals surface area contributed by atoms with E-state index in [2.05, 4.69) is 15.9 Å². The van der Waals surface area contributed by atoms with Crippen LogP contribution in [0.3, 0.4) is 0 Å². The van der Waals surface area contributed by atoms with Crippen molar-refractivity contribution < 1.29 is 14.2 Å². The molecule has 1 aromatic carbocycles. The Balaban J connectivity index is 1.81. The van der Waals surface area contributed by atoms with Crippen molar-refractivity contribution in [1.29, 1.82) is 0 Å². The minimum Gasteiger partial charge on any atom is -0.388 e. The van der Waals surface area contributed by atoms with Crippen molar-refractivity contribution in [3.05, 3.63) is 34.1 Å². The van der Waals surface area contributed by atoms with Crippen molar-refractivity contribution in [2.45, 2.75) is 44.3 Å². The quantitative estimate of drug-likeness (QED) is 0.890. The second-order valence-corrected chi connectivity index (χ2v) is 5.66. The predicted octanol–water partition coefficient (Wildman–Crippen LogP) is 3.97. The second-order valence-electron chi connectivity index (χ2n) is 4.75. The molecule has 0 aliphatic carbocycles. The SMILES string of the molecule is OC(CCCC1CCCO1)c1ccc(Br)cc1F. The summed E-state index contributed by atoms with van der Waals surface area (Å²) in [7, 11) is 0. The summed E-state index contributed by atoms with van der Waals surface area (Å²) in [5.41, 5.74) is 0.380. The lowest BCUT2D eigenvalue weighted by molar-refractivity contribution is 0.0940. The van der Waals surface area contributed by atoms with E-state index in [0.717, 1.165) is 32.3 Å². The number of hydrogen-bond acceptors (Lipinski definition) is 2. The fraction of sp³-hybridized carbons (Fsp3) is 0.571. The Hall–Kier alpha value is -0.450. The number of hydrogen-bond donors (Lipinski definition) is 1. The van der Waals surface area contributed by atoms with Gasteiger partial charge in [-0.05, 0) is 44.2 Å². The highest BCUT2D eigenvalue weighted by Crippen LogP contribution is 2.26. The summed E-state index contributed by atoms with van der Waals surface area (Å²) in [4.78, 5) is 0. The van der Waals surface area contributed by atoms with Gasteiger partial charge in [0.05, 0.1) is 12.2 Å². The number of benzene rings is 1. The fourth-order valence-corrected chi connectivity index (χ4v) is 2.67. The summed E-state index contributed by atoms with van der Waals surface area (Å²) in [6, 6.07) is 4.77. The topological polar surface area (TPSA) is 29.5 Å². The summed E-state index contributed by atoms with van der Waals surface area (Å²) < 4.78 is 19.8. The summed E-state index contributed by atoms with van der Waals surface area (Å²) in [5, 5.41) is 9.97. The smallest absolute Gasteiger partial charge is 0.130 e. The van der Waals surface area contributed by atoms with Gasteiger partial charge < -0.3 is 9.84 Å². The molecule has 1 heterocycles. The van der Waals surface area contributed by atoms with Crippen LogP contribution in [0.15, 0.2) is 22.7 Å². The maximum Gasteiger partial charge on any atom is 0.130 e. The molecule has 1 fully saturated rings. The van der Waals surface area contributed by atoms with Crippen molar-refractivity contribution >= 4 is 15.9 Å².